The predicted molar refractivity (Wildman–Crippen MR) is 114 cm³/mol. The first-order valence-electron chi connectivity index (χ1n) is 9.37. The summed E-state index contributed by atoms with van der Waals surface area (Å²) in [5.74, 6) is 2.04. The number of alkyl halides is 3. The van der Waals surface area contributed by atoms with E-state index in [2.05, 4.69) is 19.3 Å². The van der Waals surface area contributed by atoms with Crippen molar-refractivity contribution in [2.45, 2.75) is 31.8 Å². The molecule has 0 unspecified atom stereocenters. The third-order valence-electron chi connectivity index (χ3n) is 4.56. The van der Waals surface area contributed by atoms with Crippen LogP contribution in [0.2, 0.25) is 0 Å². The number of thioether (sulfide) groups is 1. The van der Waals surface area contributed by atoms with Crippen LogP contribution in [0.15, 0.2) is 33.8 Å². The van der Waals surface area contributed by atoms with Crippen LogP contribution in [0.3, 0.4) is 0 Å². The Morgan fingerprint density at radius 1 is 1.13 bits per heavy atom. The van der Waals surface area contributed by atoms with Crippen molar-refractivity contribution >= 4 is 38.3 Å². The molecule has 3 heterocycles. The molecular weight excluding hydrogens is 435 g/mol. The van der Waals surface area contributed by atoms with Gasteiger partial charge in [-0.25, -0.2) is 19.2 Å². The molecule has 11 heteroatoms. The summed E-state index contributed by atoms with van der Waals surface area (Å²) >= 11 is 1.51. The van der Waals surface area contributed by atoms with Crippen molar-refractivity contribution in [3.8, 4) is 11.5 Å². The van der Waals surface area contributed by atoms with Crippen molar-refractivity contribution in [1.29, 1.82) is 0 Å². The fourth-order valence-electron chi connectivity index (χ4n) is 2.89. The van der Waals surface area contributed by atoms with Gasteiger partial charge in [0.25, 0.3) is 0 Å². The molecule has 0 bridgehead atoms. The molecule has 0 radical (unpaired) electrons. The van der Waals surface area contributed by atoms with E-state index in [1.807, 2.05) is 20.8 Å². The third kappa shape index (κ3) is 4.46. The molecule has 30 heavy (non-hydrogen) atoms. The highest BCUT2D eigenvalue weighted by Gasteiger charge is 2.32. The Balaban J connectivity index is 2.16. The lowest BCUT2D eigenvalue weighted by Gasteiger charge is -2.10. The monoisotopic (exact) mass is 457 g/mol. The van der Waals surface area contributed by atoms with Crippen molar-refractivity contribution in [2.24, 2.45) is 11.4 Å². The number of aromatic nitrogens is 4. The molecule has 3 aromatic rings. The SMILES string of the molecule is CCSc1cc(N=S(=O)(CC)CC)cnc1-c1nc2cc(C(F)(F)F)cnc2n1C. The van der Waals surface area contributed by atoms with E-state index in [1.54, 1.807) is 17.7 Å². The van der Waals surface area contributed by atoms with E-state index in [4.69, 9.17) is 0 Å². The molecule has 0 aromatic carbocycles. The van der Waals surface area contributed by atoms with Gasteiger partial charge in [-0.2, -0.15) is 17.5 Å². The second kappa shape index (κ2) is 8.54. The zero-order valence-corrected chi connectivity index (χ0v) is 18.7. The maximum atomic E-state index is 13.0. The fourth-order valence-corrected chi connectivity index (χ4v) is 4.83. The highest BCUT2D eigenvalue weighted by atomic mass is 32.2. The summed E-state index contributed by atoms with van der Waals surface area (Å²) in [6.45, 7) is 5.65. The van der Waals surface area contributed by atoms with Gasteiger partial charge < -0.3 is 4.57 Å². The lowest BCUT2D eigenvalue weighted by molar-refractivity contribution is -0.137. The Kier molecular flexibility index (Phi) is 6.42. The van der Waals surface area contributed by atoms with Crippen LogP contribution in [0.1, 0.15) is 26.3 Å². The van der Waals surface area contributed by atoms with Crippen LogP contribution in [0.25, 0.3) is 22.7 Å². The average Bonchev–Trinajstić information content (AvgIpc) is 3.03. The van der Waals surface area contributed by atoms with Gasteiger partial charge in [0, 0.05) is 29.6 Å². The Hall–Kier alpha value is -2.14. The van der Waals surface area contributed by atoms with Crippen LogP contribution in [0.4, 0.5) is 18.9 Å². The first-order chi connectivity index (χ1) is 14.1. The van der Waals surface area contributed by atoms with E-state index in [0.717, 1.165) is 22.9 Å². The molecule has 0 amide bonds. The molecule has 6 nitrogen and oxygen atoms in total. The predicted octanol–water partition coefficient (Wildman–Crippen LogP) is 5.30. The van der Waals surface area contributed by atoms with Crippen LogP contribution in [-0.2, 0) is 23.0 Å². The zero-order valence-electron chi connectivity index (χ0n) is 17.0. The van der Waals surface area contributed by atoms with Gasteiger partial charge in [-0.1, -0.05) is 20.8 Å². The summed E-state index contributed by atoms with van der Waals surface area (Å²) in [4.78, 5) is 13.6. The van der Waals surface area contributed by atoms with Gasteiger partial charge in [-0.3, -0.25) is 0 Å². The molecule has 0 saturated carbocycles. The number of aryl methyl sites for hydroxylation is 1. The van der Waals surface area contributed by atoms with Crippen molar-refractivity contribution in [3.05, 3.63) is 30.1 Å². The first-order valence-corrected chi connectivity index (χ1v) is 12.2. The zero-order chi connectivity index (χ0) is 22.1. The van der Waals surface area contributed by atoms with Gasteiger partial charge in [0.05, 0.1) is 27.2 Å². The minimum Gasteiger partial charge on any atom is -0.310 e. The van der Waals surface area contributed by atoms with Crippen molar-refractivity contribution in [3.63, 3.8) is 0 Å². The quantitative estimate of drug-likeness (QED) is 0.470. The van der Waals surface area contributed by atoms with Crippen LogP contribution >= 0.6 is 11.8 Å². The smallest absolute Gasteiger partial charge is 0.310 e. The number of nitrogens with zero attached hydrogens (tertiary/aromatic N) is 5. The Morgan fingerprint density at radius 3 is 2.43 bits per heavy atom. The lowest BCUT2D eigenvalue weighted by atomic mass is 10.2. The minimum absolute atomic E-state index is 0.144. The number of pyridine rings is 2. The molecule has 0 fully saturated rings. The fraction of sp³-hybridized carbons (Fsp3) is 0.421. The molecular formula is C19H22F3N5OS2. The Labute approximate surface area is 177 Å². The van der Waals surface area contributed by atoms with Crippen LogP contribution < -0.4 is 0 Å². The summed E-state index contributed by atoms with van der Waals surface area (Å²) < 4.78 is 57.8. The van der Waals surface area contributed by atoms with Gasteiger partial charge >= 0.3 is 6.18 Å². The van der Waals surface area contributed by atoms with Crippen LogP contribution in [-0.4, -0.2) is 41.0 Å². The average molecular weight is 458 g/mol. The summed E-state index contributed by atoms with van der Waals surface area (Å²) in [6.07, 6.45) is -2.17. The maximum Gasteiger partial charge on any atom is 0.417 e. The van der Waals surface area contributed by atoms with Gasteiger partial charge in [0.1, 0.15) is 11.2 Å². The molecule has 3 rings (SSSR count). The van der Waals surface area contributed by atoms with Gasteiger partial charge in [-0.15, -0.1) is 11.8 Å². The molecule has 0 aliphatic carbocycles. The molecule has 0 spiro atoms. The third-order valence-corrected chi connectivity index (χ3v) is 7.82. The molecule has 0 atom stereocenters. The van der Waals surface area contributed by atoms with E-state index in [-0.39, 0.29) is 5.52 Å². The largest absolute Gasteiger partial charge is 0.417 e. The van der Waals surface area contributed by atoms with E-state index < -0.39 is 21.5 Å². The minimum atomic E-state index is -4.49. The summed E-state index contributed by atoms with van der Waals surface area (Å²) in [5.41, 5.74) is 0.666. The topological polar surface area (TPSA) is 73.0 Å². The molecule has 0 aliphatic rings. The number of hydrogen-bond donors (Lipinski definition) is 0. The van der Waals surface area contributed by atoms with Gasteiger partial charge in [-0.05, 0) is 17.9 Å². The molecule has 3 aromatic heterocycles. The van der Waals surface area contributed by atoms with Gasteiger partial charge in [0.15, 0.2) is 11.5 Å². The number of rotatable bonds is 6. The van der Waals surface area contributed by atoms with Crippen molar-refractivity contribution in [1.82, 2.24) is 19.5 Å². The van der Waals surface area contributed by atoms with Gasteiger partial charge in [0.2, 0.25) is 0 Å². The molecule has 162 valence electrons. The number of fused-ring (bicyclic) bond motifs is 1. The standard InChI is InChI=1S/C19H22F3N5OS2/c1-5-29-15-9-13(26-30(28,6-2)7-3)11-23-16(15)18-25-14-8-12(19(20,21)22)10-24-17(14)27(18)4/h8-11H,5-7H2,1-4H3. The Morgan fingerprint density at radius 2 is 1.83 bits per heavy atom. The van der Waals surface area contributed by atoms with Crippen LogP contribution in [0.5, 0.6) is 0 Å². The molecule has 0 N–H and O–H groups in total. The second-order valence-corrected chi connectivity index (χ2v) is 10.7. The van der Waals surface area contributed by atoms with E-state index in [0.29, 0.717) is 34.4 Å². The summed E-state index contributed by atoms with van der Waals surface area (Å²) in [5, 5.41) is 0. The van der Waals surface area contributed by atoms with Crippen molar-refractivity contribution < 1.29 is 17.4 Å². The van der Waals surface area contributed by atoms with E-state index in [1.165, 1.54) is 18.0 Å². The van der Waals surface area contributed by atoms with Crippen LogP contribution in [0, 0.1) is 0 Å². The highest BCUT2D eigenvalue weighted by molar-refractivity contribution is 7.99. The lowest BCUT2D eigenvalue weighted by Crippen LogP contribution is -2.05. The Bertz CT molecular complexity index is 1190. The maximum absolute atomic E-state index is 13.0. The summed E-state index contributed by atoms with van der Waals surface area (Å²) in [7, 11) is -0.649. The highest BCUT2D eigenvalue weighted by Crippen LogP contribution is 2.35. The second-order valence-electron chi connectivity index (χ2n) is 6.47. The summed E-state index contributed by atoms with van der Waals surface area (Å²) in [6, 6.07) is 2.79. The van der Waals surface area contributed by atoms with E-state index in [9.17, 15) is 17.4 Å². The van der Waals surface area contributed by atoms with E-state index >= 15 is 0 Å². The van der Waals surface area contributed by atoms with Crippen molar-refractivity contribution in [2.75, 3.05) is 17.3 Å². The number of halogens is 3. The first kappa shape index (κ1) is 22.5. The number of imidazole rings is 1. The number of hydrogen-bond acceptors (Lipinski definition) is 6. The normalized spacial score (nSPS) is 12.5. The molecule has 0 saturated heterocycles. The molecule has 0 aliphatic heterocycles.